The third-order valence-corrected chi connectivity index (χ3v) is 2.27. The highest BCUT2D eigenvalue weighted by Gasteiger charge is 2.15. The van der Waals surface area contributed by atoms with Crippen LogP contribution in [0, 0.1) is 0 Å². The summed E-state index contributed by atoms with van der Waals surface area (Å²) in [5.74, 6) is -0.458. The highest BCUT2D eigenvalue weighted by molar-refractivity contribution is 5.91. The Labute approximate surface area is 112 Å². The number of aromatic nitrogens is 2. The summed E-state index contributed by atoms with van der Waals surface area (Å²) in [5.41, 5.74) is 1.80. The summed E-state index contributed by atoms with van der Waals surface area (Å²) in [6.07, 6.45) is 1.80. The third-order valence-electron chi connectivity index (χ3n) is 2.27. The van der Waals surface area contributed by atoms with E-state index in [-0.39, 0.29) is 11.3 Å². The van der Waals surface area contributed by atoms with Gasteiger partial charge in [-0.2, -0.15) is 5.10 Å². The molecule has 1 amide bonds. The van der Waals surface area contributed by atoms with E-state index in [9.17, 15) is 9.59 Å². The van der Waals surface area contributed by atoms with Crippen LogP contribution in [0.4, 0.5) is 0 Å². The summed E-state index contributed by atoms with van der Waals surface area (Å²) in [6, 6.07) is 2.74. The van der Waals surface area contributed by atoms with Gasteiger partial charge in [-0.15, -0.1) is 0 Å². The summed E-state index contributed by atoms with van der Waals surface area (Å²) in [6.45, 7) is 8.00. The molecule has 0 radical (unpaired) electrons. The summed E-state index contributed by atoms with van der Waals surface area (Å²) < 4.78 is 1.30. The summed E-state index contributed by atoms with van der Waals surface area (Å²) in [7, 11) is 0. The first kappa shape index (κ1) is 15.4. The topological polar surface area (TPSA) is 73.2 Å². The van der Waals surface area contributed by atoms with Crippen LogP contribution in [-0.4, -0.2) is 21.3 Å². The third kappa shape index (κ3) is 5.21. The van der Waals surface area contributed by atoms with E-state index in [0.717, 1.165) is 12.8 Å². The van der Waals surface area contributed by atoms with Gasteiger partial charge < -0.3 is 0 Å². The molecule has 1 aromatic rings. The molecular weight excluding hydrogens is 246 g/mol. The molecule has 0 saturated carbocycles. The Kier molecular flexibility index (Phi) is 5.23. The van der Waals surface area contributed by atoms with Crippen LogP contribution in [0.5, 0.6) is 0 Å². The second kappa shape index (κ2) is 6.47. The number of rotatable bonds is 5. The Bertz CT molecular complexity index is 489. The normalized spacial score (nSPS) is 11.4. The second-order valence-electron chi connectivity index (χ2n) is 5.28. The molecule has 0 aliphatic heterocycles. The van der Waals surface area contributed by atoms with Gasteiger partial charge in [0.05, 0.1) is 5.60 Å². The van der Waals surface area contributed by atoms with Crippen LogP contribution in [0.3, 0.4) is 0 Å². The SMILES string of the molecule is CCCCn1nc(C(=O)NOC(C)(C)C)ccc1=O. The van der Waals surface area contributed by atoms with Crippen molar-refractivity contribution in [3.05, 3.63) is 28.2 Å². The van der Waals surface area contributed by atoms with Gasteiger partial charge in [-0.05, 0) is 33.3 Å². The Hall–Kier alpha value is -1.69. The minimum atomic E-state index is -0.480. The highest BCUT2D eigenvalue weighted by Crippen LogP contribution is 2.04. The Morgan fingerprint density at radius 1 is 1.42 bits per heavy atom. The van der Waals surface area contributed by atoms with Crippen molar-refractivity contribution in [2.24, 2.45) is 0 Å². The van der Waals surface area contributed by atoms with Crippen molar-refractivity contribution in [3.8, 4) is 0 Å². The van der Waals surface area contributed by atoms with Crippen LogP contribution in [-0.2, 0) is 11.4 Å². The molecule has 19 heavy (non-hydrogen) atoms. The van der Waals surface area contributed by atoms with E-state index in [1.54, 1.807) is 0 Å². The van der Waals surface area contributed by atoms with Crippen LogP contribution in [0.1, 0.15) is 51.0 Å². The summed E-state index contributed by atoms with van der Waals surface area (Å²) in [5, 5.41) is 4.02. The van der Waals surface area contributed by atoms with Gasteiger partial charge in [-0.3, -0.25) is 14.4 Å². The first-order valence-electron chi connectivity index (χ1n) is 6.40. The van der Waals surface area contributed by atoms with Gasteiger partial charge in [0.1, 0.15) is 0 Å². The maximum atomic E-state index is 11.8. The molecule has 0 saturated heterocycles. The Morgan fingerprint density at radius 3 is 2.68 bits per heavy atom. The Morgan fingerprint density at radius 2 is 2.11 bits per heavy atom. The Balaban J connectivity index is 2.78. The number of nitrogens with zero attached hydrogens (tertiary/aromatic N) is 2. The number of nitrogens with one attached hydrogen (secondary N) is 1. The van der Waals surface area contributed by atoms with Crippen LogP contribution in [0.2, 0.25) is 0 Å². The zero-order valence-electron chi connectivity index (χ0n) is 11.9. The van der Waals surface area contributed by atoms with Crippen molar-refractivity contribution in [3.63, 3.8) is 0 Å². The van der Waals surface area contributed by atoms with Crippen molar-refractivity contribution in [2.45, 2.75) is 52.7 Å². The molecule has 0 atom stereocenters. The second-order valence-corrected chi connectivity index (χ2v) is 5.28. The van der Waals surface area contributed by atoms with Crippen molar-refractivity contribution >= 4 is 5.91 Å². The van der Waals surface area contributed by atoms with Gasteiger partial charge in [0.25, 0.3) is 11.5 Å². The molecule has 106 valence electrons. The molecule has 1 aromatic heterocycles. The molecular formula is C13H21N3O3. The molecule has 1 rings (SSSR count). The van der Waals surface area contributed by atoms with Gasteiger partial charge in [0.15, 0.2) is 5.69 Å². The molecule has 0 bridgehead atoms. The molecule has 0 spiro atoms. The maximum Gasteiger partial charge on any atom is 0.295 e. The molecule has 1 N–H and O–H groups in total. The van der Waals surface area contributed by atoms with Gasteiger partial charge in [-0.25, -0.2) is 10.2 Å². The standard InChI is InChI=1S/C13H21N3O3/c1-5-6-9-16-11(17)8-7-10(14-16)12(18)15-19-13(2,3)4/h7-8H,5-6,9H2,1-4H3,(H,15,18). The molecule has 0 fully saturated rings. The van der Waals surface area contributed by atoms with Crippen molar-refractivity contribution in [2.75, 3.05) is 0 Å². The molecule has 0 aliphatic carbocycles. The van der Waals surface area contributed by atoms with Crippen LogP contribution in [0.15, 0.2) is 16.9 Å². The lowest BCUT2D eigenvalue weighted by Crippen LogP contribution is -2.35. The van der Waals surface area contributed by atoms with Crippen LogP contribution >= 0.6 is 0 Å². The van der Waals surface area contributed by atoms with Gasteiger partial charge in [0, 0.05) is 12.6 Å². The predicted octanol–water partition coefficient (Wildman–Crippen LogP) is 1.50. The lowest BCUT2D eigenvalue weighted by Gasteiger charge is -2.18. The smallest absolute Gasteiger partial charge is 0.268 e. The van der Waals surface area contributed by atoms with Crippen molar-refractivity contribution in [1.29, 1.82) is 0 Å². The van der Waals surface area contributed by atoms with Gasteiger partial charge >= 0.3 is 0 Å². The van der Waals surface area contributed by atoms with Gasteiger partial charge in [0.2, 0.25) is 0 Å². The van der Waals surface area contributed by atoms with E-state index in [0.29, 0.717) is 6.54 Å². The van der Waals surface area contributed by atoms with E-state index in [1.807, 2.05) is 27.7 Å². The zero-order chi connectivity index (χ0) is 14.5. The first-order chi connectivity index (χ1) is 8.83. The lowest BCUT2D eigenvalue weighted by atomic mass is 10.2. The quantitative estimate of drug-likeness (QED) is 0.821. The van der Waals surface area contributed by atoms with E-state index in [1.165, 1.54) is 16.8 Å². The number of hydroxylamine groups is 1. The summed E-state index contributed by atoms with van der Waals surface area (Å²) >= 11 is 0. The van der Waals surface area contributed by atoms with E-state index >= 15 is 0 Å². The van der Waals surface area contributed by atoms with E-state index in [4.69, 9.17) is 4.84 Å². The number of aryl methyl sites for hydroxylation is 1. The minimum Gasteiger partial charge on any atom is -0.268 e. The number of amides is 1. The predicted molar refractivity (Wildman–Crippen MR) is 71.7 cm³/mol. The average molecular weight is 267 g/mol. The highest BCUT2D eigenvalue weighted by atomic mass is 16.7. The fourth-order valence-electron chi connectivity index (χ4n) is 1.29. The molecule has 0 unspecified atom stereocenters. The van der Waals surface area contributed by atoms with Crippen LogP contribution in [0.25, 0.3) is 0 Å². The van der Waals surface area contributed by atoms with E-state index < -0.39 is 11.5 Å². The largest absolute Gasteiger partial charge is 0.295 e. The first-order valence-corrected chi connectivity index (χ1v) is 6.40. The number of hydrogen-bond donors (Lipinski definition) is 1. The average Bonchev–Trinajstić information content (AvgIpc) is 2.34. The number of carbonyl (C=O) groups is 1. The fraction of sp³-hybridized carbons (Fsp3) is 0.615. The van der Waals surface area contributed by atoms with E-state index in [2.05, 4.69) is 10.6 Å². The molecule has 6 heteroatoms. The molecule has 1 heterocycles. The van der Waals surface area contributed by atoms with Crippen molar-refractivity contribution < 1.29 is 9.63 Å². The summed E-state index contributed by atoms with van der Waals surface area (Å²) in [4.78, 5) is 28.5. The molecule has 0 aliphatic rings. The van der Waals surface area contributed by atoms with Crippen LogP contribution < -0.4 is 11.0 Å². The fourth-order valence-corrected chi connectivity index (χ4v) is 1.29. The minimum absolute atomic E-state index is 0.167. The monoisotopic (exact) mass is 267 g/mol. The number of carbonyl (C=O) groups excluding carboxylic acids is 1. The molecule has 6 nitrogen and oxygen atoms in total. The van der Waals surface area contributed by atoms with Crippen molar-refractivity contribution in [1.82, 2.24) is 15.3 Å². The number of hydrogen-bond acceptors (Lipinski definition) is 4. The zero-order valence-corrected chi connectivity index (χ0v) is 11.9. The maximum absolute atomic E-state index is 11.8. The number of unbranched alkanes of at least 4 members (excludes halogenated alkanes) is 1. The molecule has 0 aromatic carbocycles. The van der Waals surface area contributed by atoms with Gasteiger partial charge in [-0.1, -0.05) is 13.3 Å². The lowest BCUT2D eigenvalue weighted by molar-refractivity contribution is -0.0592.